The number of amides is 2. The van der Waals surface area contributed by atoms with E-state index in [0.29, 0.717) is 30.8 Å². The molecule has 2 heterocycles. The Labute approximate surface area is 181 Å². The number of aryl methyl sites for hydroxylation is 1. The molecule has 0 unspecified atom stereocenters. The van der Waals surface area contributed by atoms with Gasteiger partial charge in [-0.2, -0.15) is 13.2 Å². The Morgan fingerprint density at radius 2 is 1.90 bits per heavy atom. The lowest BCUT2D eigenvalue weighted by Crippen LogP contribution is -2.46. The van der Waals surface area contributed by atoms with Crippen molar-refractivity contribution in [1.82, 2.24) is 10.2 Å². The molecule has 0 atom stereocenters. The minimum atomic E-state index is -4.62. The van der Waals surface area contributed by atoms with Crippen molar-refractivity contribution in [2.24, 2.45) is 0 Å². The van der Waals surface area contributed by atoms with Crippen molar-refractivity contribution in [3.05, 3.63) is 50.7 Å². The lowest BCUT2D eigenvalue weighted by molar-refractivity contribution is -0.137. The van der Waals surface area contributed by atoms with Crippen molar-refractivity contribution < 1.29 is 22.8 Å². The molecule has 5 nitrogen and oxygen atoms in total. The van der Waals surface area contributed by atoms with E-state index in [9.17, 15) is 22.8 Å². The second kappa shape index (κ2) is 9.36. The average Bonchev–Trinajstić information content (AvgIpc) is 3.10. The second-order valence-corrected chi connectivity index (χ2v) is 8.89. The van der Waals surface area contributed by atoms with Crippen LogP contribution in [0.5, 0.6) is 0 Å². The van der Waals surface area contributed by atoms with Crippen molar-refractivity contribution in [1.29, 1.82) is 0 Å². The number of thiophene rings is 1. The SMILES string of the molecule is Cc1ccc(C(=O)NC2CCN(CC(=O)Nc3ccc(Cl)cc3C(F)(F)F)CC2)s1. The molecular weight excluding hydrogens is 439 g/mol. The van der Waals surface area contributed by atoms with Gasteiger partial charge in [-0.05, 0) is 50.1 Å². The summed E-state index contributed by atoms with van der Waals surface area (Å²) >= 11 is 7.09. The van der Waals surface area contributed by atoms with E-state index in [1.807, 2.05) is 17.9 Å². The van der Waals surface area contributed by atoms with Gasteiger partial charge in [-0.25, -0.2) is 0 Å². The van der Waals surface area contributed by atoms with E-state index in [-0.39, 0.29) is 29.2 Å². The van der Waals surface area contributed by atoms with E-state index < -0.39 is 17.6 Å². The van der Waals surface area contributed by atoms with E-state index in [0.717, 1.165) is 17.0 Å². The summed E-state index contributed by atoms with van der Waals surface area (Å²) in [5.74, 6) is -0.633. The maximum absolute atomic E-state index is 13.2. The molecule has 1 aliphatic rings. The van der Waals surface area contributed by atoms with Gasteiger partial charge in [0.1, 0.15) is 0 Å². The topological polar surface area (TPSA) is 61.4 Å². The summed E-state index contributed by atoms with van der Waals surface area (Å²) in [6.45, 7) is 3.04. The van der Waals surface area contributed by atoms with Crippen molar-refractivity contribution >= 4 is 40.4 Å². The summed E-state index contributed by atoms with van der Waals surface area (Å²) in [4.78, 5) is 28.1. The zero-order valence-corrected chi connectivity index (χ0v) is 17.8. The highest BCUT2D eigenvalue weighted by molar-refractivity contribution is 7.13. The van der Waals surface area contributed by atoms with Gasteiger partial charge < -0.3 is 10.6 Å². The van der Waals surface area contributed by atoms with Gasteiger partial charge in [0.05, 0.1) is 22.7 Å². The van der Waals surface area contributed by atoms with Gasteiger partial charge in [0, 0.05) is 29.0 Å². The molecule has 30 heavy (non-hydrogen) atoms. The molecule has 0 aliphatic carbocycles. The minimum absolute atomic E-state index is 0.00677. The van der Waals surface area contributed by atoms with Crippen LogP contribution in [0.1, 0.15) is 33.0 Å². The Morgan fingerprint density at radius 3 is 2.50 bits per heavy atom. The van der Waals surface area contributed by atoms with Crippen molar-refractivity contribution in [2.75, 3.05) is 25.0 Å². The second-order valence-electron chi connectivity index (χ2n) is 7.17. The molecule has 10 heteroatoms. The lowest BCUT2D eigenvalue weighted by atomic mass is 10.0. The monoisotopic (exact) mass is 459 g/mol. The number of piperidine rings is 1. The molecule has 0 bridgehead atoms. The number of carbonyl (C=O) groups excluding carboxylic acids is 2. The zero-order chi connectivity index (χ0) is 21.9. The highest BCUT2D eigenvalue weighted by atomic mass is 35.5. The maximum Gasteiger partial charge on any atom is 0.418 e. The normalized spacial score (nSPS) is 15.8. The first-order valence-electron chi connectivity index (χ1n) is 9.38. The Bertz CT molecular complexity index is 924. The highest BCUT2D eigenvalue weighted by Gasteiger charge is 2.34. The van der Waals surface area contributed by atoms with Gasteiger partial charge in [-0.1, -0.05) is 11.6 Å². The quantitative estimate of drug-likeness (QED) is 0.689. The summed E-state index contributed by atoms with van der Waals surface area (Å²) in [5.41, 5.74) is -1.29. The number of halogens is 4. The molecule has 1 aliphatic heterocycles. The third-order valence-corrected chi connectivity index (χ3v) is 6.05. The number of hydrogen-bond donors (Lipinski definition) is 2. The van der Waals surface area contributed by atoms with Gasteiger partial charge >= 0.3 is 6.18 Å². The van der Waals surface area contributed by atoms with Crippen LogP contribution in [0.25, 0.3) is 0 Å². The molecule has 2 amide bonds. The zero-order valence-electron chi connectivity index (χ0n) is 16.2. The minimum Gasteiger partial charge on any atom is -0.349 e. The third kappa shape index (κ3) is 5.96. The first kappa shape index (κ1) is 22.6. The maximum atomic E-state index is 13.2. The van der Waals surface area contributed by atoms with Gasteiger partial charge in [0.15, 0.2) is 0 Å². The van der Waals surface area contributed by atoms with Crippen molar-refractivity contribution in [2.45, 2.75) is 32.0 Å². The van der Waals surface area contributed by atoms with Gasteiger partial charge in [-0.15, -0.1) is 11.3 Å². The number of nitrogens with zero attached hydrogens (tertiary/aromatic N) is 1. The number of alkyl halides is 3. The van der Waals surface area contributed by atoms with Crippen LogP contribution in [0.15, 0.2) is 30.3 Å². The van der Waals surface area contributed by atoms with Crippen LogP contribution < -0.4 is 10.6 Å². The van der Waals surface area contributed by atoms with E-state index in [2.05, 4.69) is 10.6 Å². The van der Waals surface area contributed by atoms with Crippen LogP contribution >= 0.6 is 22.9 Å². The van der Waals surface area contributed by atoms with E-state index >= 15 is 0 Å². The van der Waals surface area contributed by atoms with Crippen LogP contribution in [-0.2, 0) is 11.0 Å². The van der Waals surface area contributed by atoms with E-state index in [1.54, 1.807) is 6.07 Å². The van der Waals surface area contributed by atoms with Gasteiger partial charge in [0.2, 0.25) is 5.91 Å². The number of rotatable bonds is 5. The summed E-state index contributed by atoms with van der Waals surface area (Å²) in [7, 11) is 0. The fraction of sp³-hybridized carbons (Fsp3) is 0.400. The van der Waals surface area contributed by atoms with Crippen LogP contribution in [0.2, 0.25) is 5.02 Å². The Kier molecular flexibility index (Phi) is 7.05. The number of nitrogens with one attached hydrogen (secondary N) is 2. The van der Waals surface area contributed by atoms with Gasteiger partial charge in [0.25, 0.3) is 5.91 Å². The Hall–Kier alpha value is -2.10. The summed E-state index contributed by atoms with van der Waals surface area (Å²) in [6.07, 6.45) is -3.29. The summed E-state index contributed by atoms with van der Waals surface area (Å²) < 4.78 is 39.5. The number of likely N-dealkylation sites (tertiary alicyclic amines) is 1. The fourth-order valence-electron chi connectivity index (χ4n) is 3.30. The van der Waals surface area contributed by atoms with Crippen LogP contribution in [0, 0.1) is 6.92 Å². The predicted octanol–water partition coefficient (Wildman–Crippen LogP) is 4.56. The lowest BCUT2D eigenvalue weighted by Gasteiger charge is -2.31. The van der Waals surface area contributed by atoms with Crippen molar-refractivity contribution in [3.63, 3.8) is 0 Å². The molecule has 0 radical (unpaired) electrons. The molecule has 1 aromatic heterocycles. The largest absolute Gasteiger partial charge is 0.418 e. The number of hydrogen-bond acceptors (Lipinski definition) is 4. The molecule has 1 saturated heterocycles. The van der Waals surface area contributed by atoms with E-state index in [1.165, 1.54) is 17.4 Å². The van der Waals surface area contributed by atoms with E-state index in [4.69, 9.17) is 11.6 Å². The molecule has 1 aromatic carbocycles. The first-order valence-corrected chi connectivity index (χ1v) is 10.6. The van der Waals surface area contributed by atoms with Crippen LogP contribution in [0.3, 0.4) is 0 Å². The number of anilines is 1. The summed E-state index contributed by atoms with van der Waals surface area (Å²) in [6, 6.07) is 6.94. The first-order chi connectivity index (χ1) is 14.1. The molecule has 2 aromatic rings. The molecule has 1 fully saturated rings. The molecule has 2 N–H and O–H groups in total. The third-order valence-electron chi connectivity index (χ3n) is 4.82. The number of carbonyl (C=O) groups is 2. The average molecular weight is 460 g/mol. The van der Waals surface area contributed by atoms with Gasteiger partial charge in [-0.3, -0.25) is 14.5 Å². The molecule has 0 saturated carbocycles. The Morgan fingerprint density at radius 1 is 1.20 bits per heavy atom. The standard InChI is InChI=1S/C20H21ClF3N3O2S/c1-12-2-5-17(30-12)19(29)25-14-6-8-27(9-7-14)11-18(28)26-16-4-3-13(21)10-15(16)20(22,23)24/h2-5,10,14H,6-9,11H2,1H3,(H,25,29)(H,26,28). The number of benzene rings is 1. The van der Waals surface area contributed by atoms with Crippen LogP contribution in [-0.4, -0.2) is 42.4 Å². The fourth-order valence-corrected chi connectivity index (χ4v) is 4.24. The molecule has 3 rings (SSSR count). The van der Waals surface area contributed by atoms with Crippen molar-refractivity contribution in [3.8, 4) is 0 Å². The van der Waals surface area contributed by atoms with Crippen LogP contribution in [0.4, 0.5) is 18.9 Å². The molecule has 0 spiro atoms. The highest BCUT2D eigenvalue weighted by Crippen LogP contribution is 2.36. The summed E-state index contributed by atoms with van der Waals surface area (Å²) in [5, 5.41) is 5.28. The molecular formula is C20H21ClF3N3O2S. The molecule has 162 valence electrons. The predicted molar refractivity (Wildman–Crippen MR) is 111 cm³/mol. The Balaban J connectivity index is 1.49. The smallest absolute Gasteiger partial charge is 0.349 e.